The molecule has 0 fully saturated rings. The summed E-state index contributed by atoms with van der Waals surface area (Å²) in [4.78, 5) is 28.0. The number of benzene rings is 2. The first-order valence-corrected chi connectivity index (χ1v) is 13.7. The molecule has 0 saturated carbocycles. The van der Waals surface area contributed by atoms with Gasteiger partial charge in [0.1, 0.15) is 18.4 Å². The average Bonchev–Trinajstić information content (AvgIpc) is 2.78. The molecule has 0 radical (unpaired) electrons. The quantitative estimate of drug-likeness (QED) is 0.452. The van der Waals surface area contributed by atoms with E-state index < -0.39 is 34.3 Å². The monoisotopic (exact) mass is 555 g/mol. The summed E-state index contributed by atoms with van der Waals surface area (Å²) in [6.07, 6.45) is 2.07. The average molecular weight is 556 g/mol. The third-order valence-corrected chi connectivity index (χ3v) is 7.25. The van der Waals surface area contributed by atoms with Crippen LogP contribution in [0.5, 0.6) is 0 Å². The smallest absolute Gasteiger partial charge is 0.244 e. The zero-order valence-electron chi connectivity index (χ0n) is 19.8. The molecule has 0 aliphatic heterocycles. The van der Waals surface area contributed by atoms with Crippen molar-refractivity contribution < 1.29 is 22.4 Å². The van der Waals surface area contributed by atoms with Crippen LogP contribution in [-0.4, -0.2) is 50.0 Å². The van der Waals surface area contributed by atoms with Crippen LogP contribution < -0.4 is 9.62 Å². The van der Waals surface area contributed by atoms with Crippen LogP contribution >= 0.6 is 15.9 Å². The topological polar surface area (TPSA) is 86.8 Å². The molecule has 2 amide bonds. The Morgan fingerprint density at radius 3 is 2.21 bits per heavy atom. The maximum absolute atomic E-state index is 13.6. The molecule has 0 bridgehead atoms. The third kappa shape index (κ3) is 7.53. The van der Waals surface area contributed by atoms with Crippen LogP contribution in [0.1, 0.15) is 39.2 Å². The lowest BCUT2D eigenvalue weighted by Gasteiger charge is -2.33. The summed E-state index contributed by atoms with van der Waals surface area (Å²) in [5.74, 6) is -1.28. The Balaban J connectivity index is 2.44. The van der Waals surface area contributed by atoms with Crippen LogP contribution in [0.4, 0.5) is 10.1 Å². The molecule has 0 spiro atoms. The van der Waals surface area contributed by atoms with Crippen LogP contribution in [0.15, 0.2) is 53.0 Å². The van der Waals surface area contributed by atoms with Crippen LogP contribution in [0.2, 0.25) is 0 Å². The Labute approximate surface area is 209 Å². The van der Waals surface area contributed by atoms with Gasteiger partial charge in [0.15, 0.2) is 0 Å². The highest BCUT2D eigenvalue weighted by Crippen LogP contribution is 2.28. The zero-order valence-corrected chi connectivity index (χ0v) is 22.2. The van der Waals surface area contributed by atoms with E-state index in [2.05, 4.69) is 21.2 Å². The number of para-hydroxylation sites is 1. The predicted octanol–water partition coefficient (Wildman–Crippen LogP) is 4.08. The van der Waals surface area contributed by atoms with Gasteiger partial charge in [-0.25, -0.2) is 12.8 Å². The minimum Gasteiger partial charge on any atom is -0.352 e. The number of hydrogen-bond acceptors (Lipinski definition) is 4. The summed E-state index contributed by atoms with van der Waals surface area (Å²) in [6, 6.07) is 11.4. The first-order valence-electron chi connectivity index (χ1n) is 11.0. The van der Waals surface area contributed by atoms with Gasteiger partial charge in [0.05, 0.1) is 11.9 Å². The van der Waals surface area contributed by atoms with Gasteiger partial charge in [0.2, 0.25) is 21.8 Å². The van der Waals surface area contributed by atoms with E-state index in [4.69, 9.17) is 0 Å². The first kappa shape index (κ1) is 27.8. The lowest BCUT2D eigenvalue weighted by atomic mass is 10.1. The third-order valence-electron chi connectivity index (χ3n) is 5.45. The number of nitrogens with one attached hydrogen (secondary N) is 1. The van der Waals surface area contributed by atoms with Crippen molar-refractivity contribution in [1.29, 1.82) is 0 Å². The van der Waals surface area contributed by atoms with E-state index in [1.165, 1.54) is 29.2 Å². The summed E-state index contributed by atoms with van der Waals surface area (Å²) < 4.78 is 40.2. The summed E-state index contributed by atoms with van der Waals surface area (Å²) >= 11 is 3.35. The van der Waals surface area contributed by atoms with Crippen LogP contribution in [-0.2, 0) is 26.2 Å². The van der Waals surface area contributed by atoms with Gasteiger partial charge in [-0.3, -0.25) is 13.9 Å². The molecule has 2 atom stereocenters. The van der Waals surface area contributed by atoms with Gasteiger partial charge in [-0.2, -0.15) is 0 Å². The number of rotatable bonds is 11. The molecule has 1 N–H and O–H groups in total. The van der Waals surface area contributed by atoms with E-state index in [0.717, 1.165) is 17.0 Å². The van der Waals surface area contributed by atoms with Gasteiger partial charge in [0, 0.05) is 17.1 Å². The fraction of sp³-hybridized carbons (Fsp3) is 0.417. The molecule has 186 valence electrons. The van der Waals surface area contributed by atoms with Gasteiger partial charge in [-0.1, -0.05) is 38.1 Å². The molecular weight excluding hydrogens is 525 g/mol. The molecule has 0 heterocycles. The fourth-order valence-corrected chi connectivity index (χ4v) is 4.87. The second kappa shape index (κ2) is 12.3. The Morgan fingerprint density at radius 2 is 1.68 bits per heavy atom. The number of amides is 2. The van der Waals surface area contributed by atoms with Crippen molar-refractivity contribution in [3.8, 4) is 0 Å². The van der Waals surface area contributed by atoms with E-state index in [0.29, 0.717) is 22.1 Å². The molecule has 0 aromatic heterocycles. The van der Waals surface area contributed by atoms with Gasteiger partial charge in [-0.15, -0.1) is 0 Å². The van der Waals surface area contributed by atoms with E-state index in [1.807, 2.05) is 13.8 Å². The molecule has 2 unspecified atom stereocenters. The molecule has 0 aliphatic carbocycles. The Hall–Kier alpha value is -2.46. The maximum Gasteiger partial charge on any atom is 0.244 e. The summed E-state index contributed by atoms with van der Waals surface area (Å²) in [5.41, 5.74) is 0.938. The van der Waals surface area contributed by atoms with Gasteiger partial charge in [-0.05, 0) is 65.5 Å². The minimum atomic E-state index is -3.82. The first-order chi connectivity index (χ1) is 16.0. The molecule has 2 aromatic rings. The van der Waals surface area contributed by atoms with Crippen molar-refractivity contribution in [2.75, 3.05) is 17.1 Å². The molecule has 7 nitrogen and oxygen atoms in total. The second-order valence-corrected chi connectivity index (χ2v) is 10.9. The van der Waals surface area contributed by atoms with E-state index >= 15 is 0 Å². The molecule has 0 saturated heterocycles. The molecule has 2 aromatic carbocycles. The number of sulfonamides is 1. The fourth-order valence-electron chi connectivity index (χ4n) is 3.40. The Morgan fingerprint density at radius 1 is 1.06 bits per heavy atom. The highest BCUT2D eigenvalue weighted by atomic mass is 79.9. The van der Waals surface area contributed by atoms with Crippen molar-refractivity contribution in [2.24, 2.45) is 0 Å². The number of carbonyl (C=O) groups excluding carboxylic acids is 2. The lowest BCUT2D eigenvalue weighted by molar-refractivity contribution is -0.140. The normalized spacial score (nSPS) is 13.1. The number of halogens is 2. The molecule has 2 rings (SSSR count). The van der Waals surface area contributed by atoms with Crippen molar-refractivity contribution in [2.45, 2.75) is 52.2 Å². The second-order valence-electron chi connectivity index (χ2n) is 8.11. The molecule has 34 heavy (non-hydrogen) atoms. The van der Waals surface area contributed by atoms with Crippen LogP contribution in [0, 0.1) is 5.82 Å². The van der Waals surface area contributed by atoms with Gasteiger partial charge < -0.3 is 10.2 Å². The largest absolute Gasteiger partial charge is 0.352 e. The Bertz CT molecular complexity index is 1100. The van der Waals surface area contributed by atoms with Crippen molar-refractivity contribution >= 4 is 43.5 Å². The maximum atomic E-state index is 13.6. The molecule has 10 heteroatoms. The predicted molar refractivity (Wildman–Crippen MR) is 135 cm³/mol. The highest BCUT2D eigenvalue weighted by Gasteiger charge is 2.32. The van der Waals surface area contributed by atoms with Crippen molar-refractivity contribution in [3.05, 3.63) is 64.4 Å². The number of hydrogen-bond donors (Lipinski definition) is 1. The highest BCUT2D eigenvalue weighted by molar-refractivity contribution is 9.10. The SMILES string of the molecule is CCC(C)NC(=O)C(CC)N(Cc1ccc(F)cc1)C(=O)CN(c1ccccc1Br)S(C)(=O)=O. The van der Waals surface area contributed by atoms with E-state index in [-0.39, 0.29) is 18.5 Å². The summed E-state index contributed by atoms with van der Waals surface area (Å²) in [6.45, 7) is 5.13. The van der Waals surface area contributed by atoms with E-state index in [1.54, 1.807) is 31.2 Å². The van der Waals surface area contributed by atoms with Crippen molar-refractivity contribution in [1.82, 2.24) is 10.2 Å². The van der Waals surface area contributed by atoms with E-state index in [9.17, 15) is 22.4 Å². The number of anilines is 1. The number of nitrogens with zero attached hydrogens (tertiary/aromatic N) is 2. The van der Waals surface area contributed by atoms with Crippen LogP contribution in [0.3, 0.4) is 0 Å². The summed E-state index contributed by atoms with van der Waals surface area (Å²) in [5, 5.41) is 2.90. The van der Waals surface area contributed by atoms with Crippen LogP contribution in [0.25, 0.3) is 0 Å². The van der Waals surface area contributed by atoms with Gasteiger partial charge >= 0.3 is 0 Å². The zero-order chi connectivity index (χ0) is 25.5. The molecular formula is C24H31BrFN3O4S. The standard InChI is InChI=1S/C24H31BrFN3O4S/c1-5-17(3)27-24(31)21(6-2)28(15-18-11-13-19(26)14-12-18)23(30)16-29(34(4,32)33)22-10-8-7-9-20(22)25/h7-14,17,21H,5-6,15-16H2,1-4H3,(H,27,31). The number of carbonyl (C=O) groups is 2. The summed E-state index contributed by atoms with van der Waals surface area (Å²) in [7, 11) is -3.82. The Kier molecular flexibility index (Phi) is 10.1. The van der Waals surface area contributed by atoms with Gasteiger partial charge in [0.25, 0.3) is 0 Å². The lowest BCUT2D eigenvalue weighted by Crippen LogP contribution is -2.53. The molecule has 0 aliphatic rings. The van der Waals surface area contributed by atoms with Crippen molar-refractivity contribution in [3.63, 3.8) is 0 Å². The minimum absolute atomic E-state index is 0.0269.